The molecule has 0 heterocycles. The van der Waals surface area contributed by atoms with Crippen LogP contribution in [-0.2, 0) is 10.5 Å². The fraction of sp³-hybridized carbons (Fsp3) is 0.176. The Morgan fingerprint density at radius 1 is 1.09 bits per heavy atom. The Kier molecular flexibility index (Phi) is 5.61. The predicted octanol–water partition coefficient (Wildman–Crippen LogP) is 2.97. The van der Waals surface area contributed by atoms with E-state index in [9.17, 15) is 9.59 Å². The zero-order chi connectivity index (χ0) is 15.9. The fourth-order valence-corrected chi connectivity index (χ4v) is 2.92. The number of amides is 2. The van der Waals surface area contributed by atoms with Crippen molar-refractivity contribution in [3.8, 4) is 0 Å². The Morgan fingerprint density at radius 3 is 2.50 bits per heavy atom. The Bertz CT molecular complexity index is 686. The van der Waals surface area contributed by atoms with Crippen molar-refractivity contribution in [2.75, 3.05) is 11.1 Å². The highest BCUT2D eigenvalue weighted by molar-refractivity contribution is 7.99. The van der Waals surface area contributed by atoms with Gasteiger partial charge in [-0.15, -0.1) is 11.8 Å². The molecule has 2 aromatic carbocycles. The van der Waals surface area contributed by atoms with Crippen LogP contribution in [0.1, 0.15) is 21.5 Å². The van der Waals surface area contributed by atoms with E-state index in [4.69, 9.17) is 5.73 Å². The van der Waals surface area contributed by atoms with Gasteiger partial charge in [0.05, 0.1) is 17.0 Å². The maximum Gasteiger partial charge on any atom is 0.250 e. The minimum absolute atomic E-state index is 0.146. The second-order valence-corrected chi connectivity index (χ2v) is 5.86. The van der Waals surface area contributed by atoms with Gasteiger partial charge in [0.1, 0.15) is 0 Å². The monoisotopic (exact) mass is 314 g/mol. The first-order valence-corrected chi connectivity index (χ1v) is 8.04. The molecule has 0 saturated carbocycles. The van der Waals surface area contributed by atoms with E-state index < -0.39 is 5.91 Å². The van der Waals surface area contributed by atoms with Gasteiger partial charge in [0, 0.05) is 5.75 Å². The molecule has 0 saturated heterocycles. The third kappa shape index (κ3) is 4.36. The van der Waals surface area contributed by atoms with Crippen LogP contribution < -0.4 is 11.1 Å². The summed E-state index contributed by atoms with van der Waals surface area (Å²) in [5.74, 6) is 0.398. The van der Waals surface area contributed by atoms with Crippen LogP contribution in [-0.4, -0.2) is 17.6 Å². The third-order valence-corrected chi connectivity index (χ3v) is 4.20. The van der Waals surface area contributed by atoms with E-state index in [-0.39, 0.29) is 5.91 Å². The molecular weight excluding hydrogens is 296 g/mol. The largest absolute Gasteiger partial charge is 0.366 e. The molecule has 114 valence electrons. The van der Waals surface area contributed by atoms with Crippen molar-refractivity contribution in [3.63, 3.8) is 0 Å². The summed E-state index contributed by atoms with van der Waals surface area (Å²) in [6.45, 7) is 2.05. The van der Waals surface area contributed by atoms with Crippen LogP contribution >= 0.6 is 11.8 Å². The number of nitrogens with one attached hydrogen (secondary N) is 1. The van der Waals surface area contributed by atoms with Crippen molar-refractivity contribution >= 4 is 29.3 Å². The summed E-state index contributed by atoms with van der Waals surface area (Å²) >= 11 is 1.53. The number of carbonyl (C=O) groups excluding carboxylic acids is 2. The lowest BCUT2D eigenvalue weighted by atomic mass is 10.1. The lowest BCUT2D eigenvalue weighted by Gasteiger charge is -2.09. The minimum atomic E-state index is -0.552. The molecule has 0 radical (unpaired) electrons. The molecule has 4 nitrogen and oxygen atoms in total. The number of benzene rings is 2. The van der Waals surface area contributed by atoms with E-state index in [1.807, 2.05) is 12.1 Å². The van der Waals surface area contributed by atoms with E-state index >= 15 is 0 Å². The van der Waals surface area contributed by atoms with Crippen molar-refractivity contribution in [1.82, 2.24) is 0 Å². The summed E-state index contributed by atoms with van der Waals surface area (Å²) in [6, 6.07) is 14.8. The molecule has 0 unspecified atom stereocenters. The molecule has 0 atom stereocenters. The molecular formula is C17H18N2O2S. The molecule has 22 heavy (non-hydrogen) atoms. The number of para-hydroxylation sites is 1. The highest BCUT2D eigenvalue weighted by Gasteiger charge is 2.10. The van der Waals surface area contributed by atoms with Gasteiger partial charge in [0.15, 0.2) is 0 Å². The van der Waals surface area contributed by atoms with E-state index in [0.717, 1.165) is 5.75 Å². The molecule has 0 fully saturated rings. The van der Waals surface area contributed by atoms with E-state index in [2.05, 4.69) is 24.4 Å². The third-order valence-electron chi connectivity index (χ3n) is 3.22. The number of aryl methyl sites for hydroxylation is 1. The van der Waals surface area contributed by atoms with Crippen LogP contribution in [0.5, 0.6) is 0 Å². The lowest BCUT2D eigenvalue weighted by molar-refractivity contribution is -0.113. The Morgan fingerprint density at radius 2 is 1.77 bits per heavy atom. The summed E-state index contributed by atoms with van der Waals surface area (Å²) in [7, 11) is 0. The van der Waals surface area contributed by atoms with Crippen molar-refractivity contribution in [3.05, 3.63) is 65.2 Å². The van der Waals surface area contributed by atoms with Crippen LogP contribution in [0.15, 0.2) is 48.5 Å². The zero-order valence-electron chi connectivity index (χ0n) is 12.3. The van der Waals surface area contributed by atoms with E-state index in [1.54, 1.807) is 24.3 Å². The molecule has 2 amide bonds. The first kappa shape index (κ1) is 16.1. The van der Waals surface area contributed by atoms with Gasteiger partial charge >= 0.3 is 0 Å². The van der Waals surface area contributed by atoms with Crippen LogP contribution in [0.25, 0.3) is 0 Å². The average molecular weight is 314 g/mol. The van der Waals surface area contributed by atoms with E-state index in [0.29, 0.717) is 17.0 Å². The van der Waals surface area contributed by atoms with E-state index in [1.165, 1.54) is 22.9 Å². The smallest absolute Gasteiger partial charge is 0.250 e. The highest BCUT2D eigenvalue weighted by Crippen LogP contribution is 2.18. The summed E-state index contributed by atoms with van der Waals surface area (Å²) in [5, 5.41) is 2.73. The molecule has 0 aromatic heterocycles. The normalized spacial score (nSPS) is 10.2. The maximum absolute atomic E-state index is 12.0. The van der Waals surface area contributed by atoms with Gasteiger partial charge in [-0.05, 0) is 30.2 Å². The van der Waals surface area contributed by atoms with Crippen molar-refractivity contribution in [1.29, 1.82) is 0 Å². The van der Waals surface area contributed by atoms with Crippen LogP contribution in [0.3, 0.4) is 0 Å². The van der Waals surface area contributed by atoms with Gasteiger partial charge in [-0.25, -0.2) is 0 Å². The molecule has 0 spiro atoms. The minimum Gasteiger partial charge on any atom is -0.366 e. The van der Waals surface area contributed by atoms with Crippen molar-refractivity contribution in [2.45, 2.75) is 12.7 Å². The fourth-order valence-electron chi connectivity index (χ4n) is 2.02. The van der Waals surface area contributed by atoms with Crippen LogP contribution in [0.2, 0.25) is 0 Å². The summed E-state index contributed by atoms with van der Waals surface area (Å²) < 4.78 is 0. The van der Waals surface area contributed by atoms with Gasteiger partial charge in [-0.1, -0.05) is 36.4 Å². The second-order valence-electron chi connectivity index (χ2n) is 4.88. The Hall–Kier alpha value is -2.27. The van der Waals surface area contributed by atoms with Gasteiger partial charge in [-0.2, -0.15) is 0 Å². The molecule has 2 aromatic rings. The Balaban J connectivity index is 1.89. The predicted molar refractivity (Wildman–Crippen MR) is 90.9 cm³/mol. The SMILES string of the molecule is Cc1ccccc1CSCC(=O)Nc1ccccc1C(N)=O. The van der Waals surface area contributed by atoms with Gasteiger partial charge < -0.3 is 11.1 Å². The quantitative estimate of drug-likeness (QED) is 0.861. The first-order valence-electron chi connectivity index (χ1n) is 6.89. The summed E-state index contributed by atoms with van der Waals surface area (Å²) in [5.41, 5.74) is 8.50. The van der Waals surface area contributed by atoms with Crippen molar-refractivity contribution < 1.29 is 9.59 Å². The molecule has 0 aliphatic heterocycles. The first-order chi connectivity index (χ1) is 10.6. The van der Waals surface area contributed by atoms with Crippen LogP contribution in [0.4, 0.5) is 5.69 Å². The topological polar surface area (TPSA) is 72.2 Å². The molecule has 5 heteroatoms. The maximum atomic E-state index is 12.0. The van der Waals surface area contributed by atoms with Gasteiger partial charge in [0.2, 0.25) is 5.91 Å². The van der Waals surface area contributed by atoms with Crippen molar-refractivity contribution in [2.24, 2.45) is 5.73 Å². The Labute approximate surface area is 134 Å². The number of anilines is 1. The lowest BCUT2D eigenvalue weighted by Crippen LogP contribution is -2.19. The number of rotatable bonds is 6. The number of nitrogens with two attached hydrogens (primary N) is 1. The van der Waals surface area contributed by atoms with Gasteiger partial charge in [0.25, 0.3) is 5.91 Å². The van der Waals surface area contributed by atoms with Crippen LogP contribution in [0, 0.1) is 6.92 Å². The second kappa shape index (κ2) is 7.66. The number of carbonyl (C=O) groups is 2. The van der Waals surface area contributed by atoms with Gasteiger partial charge in [-0.3, -0.25) is 9.59 Å². The number of hydrogen-bond acceptors (Lipinski definition) is 3. The summed E-state index contributed by atoms with van der Waals surface area (Å²) in [4.78, 5) is 23.3. The number of hydrogen-bond donors (Lipinski definition) is 2. The standard InChI is InChI=1S/C17H18N2O2S/c1-12-6-2-3-7-13(12)10-22-11-16(20)19-15-9-5-4-8-14(15)17(18)21/h2-9H,10-11H2,1H3,(H2,18,21)(H,19,20). The zero-order valence-corrected chi connectivity index (χ0v) is 13.2. The molecule has 3 N–H and O–H groups in total. The summed E-state index contributed by atoms with van der Waals surface area (Å²) in [6.07, 6.45) is 0. The number of primary amides is 1. The molecule has 0 aliphatic carbocycles. The average Bonchev–Trinajstić information content (AvgIpc) is 2.49. The number of thioether (sulfide) groups is 1. The highest BCUT2D eigenvalue weighted by atomic mass is 32.2. The molecule has 0 bridgehead atoms. The molecule has 2 rings (SSSR count). The molecule has 0 aliphatic rings.